The van der Waals surface area contributed by atoms with Crippen molar-refractivity contribution >= 4 is 18.3 Å². The van der Waals surface area contributed by atoms with Gasteiger partial charge in [-0.25, -0.2) is 0 Å². The maximum Gasteiger partial charge on any atom is 0.223 e. The van der Waals surface area contributed by atoms with Crippen molar-refractivity contribution in [3.05, 3.63) is 23.8 Å². The smallest absolute Gasteiger partial charge is 0.223 e. The molecule has 2 heterocycles. The zero-order valence-corrected chi connectivity index (χ0v) is 18.4. The Kier molecular flexibility index (Phi) is 9.49. The zero-order valence-electron chi connectivity index (χ0n) is 17.6. The van der Waals surface area contributed by atoms with E-state index in [0.717, 1.165) is 38.0 Å². The molecule has 1 amide bonds. The van der Waals surface area contributed by atoms with E-state index in [4.69, 9.17) is 14.2 Å². The van der Waals surface area contributed by atoms with Crippen LogP contribution in [0.4, 0.5) is 0 Å². The van der Waals surface area contributed by atoms with Crippen molar-refractivity contribution in [1.82, 2.24) is 15.5 Å². The van der Waals surface area contributed by atoms with Gasteiger partial charge in [0.15, 0.2) is 11.5 Å². The number of rotatable bonds is 7. The van der Waals surface area contributed by atoms with Crippen molar-refractivity contribution in [3.8, 4) is 11.5 Å². The highest BCUT2D eigenvalue weighted by Crippen LogP contribution is 2.32. The van der Waals surface area contributed by atoms with Crippen LogP contribution in [0.25, 0.3) is 0 Å². The van der Waals surface area contributed by atoms with Crippen LogP contribution < -0.4 is 20.1 Å². The van der Waals surface area contributed by atoms with Gasteiger partial charge in [-0.2, -0.15) is 0 Å². The number of methoxy groups -OCH3 is 2. The first-order valence-corrected chi connectivity index (χ1v) is 10.2. The highest BCUT2D eigenvalue weighted by molar-refractivity contribution is 5.85. The molecule has 2 N–H and O–H groups in total. The molecule has 0 radical (unpaired) electrons. The predicted molar refractivity (Wildman–Crippen MR) is 115 cm³/mol. The summed E-state index contributed by atoms with van der Waals surface area (Å²) in [5.74, 6) is 1.66. The summed E-state index contributed by atoms with van der Waals surface area (Å²) in [5, 5.41) is 6.62. The lowest BCUT2D eigenvalue weighted by Crippen LogP contribution is -2.46. The summed E-state index contributed by atoms with van der Waals surface area (Å²) in [6, 6.07) is 6.47. The van der Waals surface area contributed by atoms with E-state index >= 15 is 0 Å². The Balaban J connectivity index is 0.00000300. The van der Waals surface area contributed by atoms with E-state index in [9.17, 15) is 4.79 Å². The van der Waals surface area contributed by atoms with E-state index in [1.54, 1.807) is 14.2 Å². The summed E-state index contributed by atoms with van der Waals surface area (Å²) < 4.78 is 16.4. The number of carbonyl (C=O) groups is 1. The summed E-state index contributed by atoms with van der Waals surface area (Å²) in [6.07, 6.45) is 1.79. The minimum atomic E-state index is 0. The van der Waals surface area contributed by atoms with Crippen molar-refractivity contribution in [2.75, 3.05) is 53.6 Å². The quantitative estimate of drug-likeness (QED) is 0.693. The van der Waals surface area contributed by atoms with Gasteiger partial charge in [0.25, 0.3) is 0 Å². The van der Waals surface area contributed by atoms with Gasteiger partial charge in [0, 0.05) is 31.6 Å². The molecule has 7 nitrogen and oxygen atoms in total. The van der Waals surface area contributed by atoms with E-state index in [1.807, 2.05) is 12.1 Å². The van der Waals surface area contributed by atoms with Crippen molar-refractivity contribution in [2.24, 2.45) is 5.92 Å². The molecule has 164 valence electrons. The molecule has 2 aliphatic heterocycles. The number of piperidine rings is 1. The minimum Gasteiger partial charge on any atom is -0.493 e. The lowest BCUT2D eigenvalue weighted by molar-refractivity contribution is -0.126. The Morgan fingerprint density at radius 3 is 2.66 bits per heavy atom. The van der Waals surface area contributed by atoms with Crippen LogP contribution in [0.1, 0.15) is 31.4 Å². The average molecular weight is 428 g/mol. The van der Waals surface area contributed by atoms with Crippen LogP contribution >= 0.6 is 12.4 Å². The number of benzene rings is 1. The minimum absolute atomic E-state index is 0. The molecule has 2 saturated heterocycles. The topological polar surface area (TPSA) is 72.1 Å². The largest absolute Gasteiger partial charge is 0.493 e. The molecule has 0 spiro atoms. The molecule has 2 aliphatic rings. The van der Waals surface area contributed by atoms with E-state index in [0.29, 0.717) is 37.3 Å². The molecule has 29 heavy (non-hydrogen) atoms. The van der Waals surface area contributed by atoms with Crippen molar-refractivity contribution in [2.45, 2.75) is 31.8 Å². The molecular weight excluding hydrogens is 394 g/mol. The predicted octanol–water partition coefficient (Wildman–Crippen LogP) is 2.00. The second kappa shape index (κ2) is 11.6. The molecule has 0 bridgehead atoms. The summed E-state index contributed by atoms with van der Waals surface area (Å²) in [4.78, 5) is 15.1. The van der Waals surface area contributed by atoms with Gasteiger partial charge < -0.3 is 24.8 Å². The van der Waals surface area contributed by atoms with Crippen molar-refractivity contribution in [3.63, 3.8) is 0 Å². The van der Waals surface area contributed by atoms with Crippen LogP contribution in [0, 0.1) is 5.92 Å². The fourth-order valence-corrected chi connectivity index (χ4v) is 4.12. The average Bonchev–Trinajstić information content (AvgIpc) is 2.74. The lowest BCUT2D eigenvalue weighted by Gasteiger charge is -2.35. The highest BCUT2D eigenvalue weighted by atomic mass is 35.5. The van der Waals surface area contributed by atoms with E-state index in [1.165, 1.54) is 0 Å². The Labute approximate surface area is 179 Å². The molecule has 0 saturated carbocycles. The van der Waals surface area contributed by atoms with Crippen LogP contribution in [-0.2, 0) is 9.53 Å². The zero-order chi connectivity index (χ0) is 19.9. The third-order valence-corrected chi connectivity index (χ3v) is 5.74. The number of nitrogens with zero attached hydrogens (tertiary/aromatic N) is 1. The van der Waals surface area contributed by atoms with Gasteiger partial charge in [0.1, 0.15) is 0 Å². The molecular formula is C21H34ClN3O4. The third-order valence-electron chi connectivity index (χ3n) is 5.74. The second-order valence-electron chi connectivity index (χ2n) is 7.60. The van der Waals surface area contributed by atoms with E-state index in [-0.39, 0.29) is 30.3 Å². The van der Waals surface area contributed by atoms with Crippen LogP contribution in [-0.4, -0.2) is 70.5 Å². The third kappa shape index (κ3) is 6.22. The Bertz CT molecular complexity index is 655. The number of amides is 1. The monoisotopic (exact) mass is 427 g/mol. The molecule has 1 aromatic carbocycles. The normalized spacial score (nSPS) is 23.6. The van der Waals surface area contributed by atoms with E-state index in [2.05, 4.69) is 28.5 Å². The van der Waals surface area contributed by atoms with Gasteiger partial charge in [-0.05, 0) is 44.0 Å². The first-order chi connectivity index (χ1) is 13.6. The molecule has 1 unspecified atom stereocenters. The first kappa shape index (κ1) is 23.7. The Morgan fingerprint density at radius 1 is 1.28 bits per heavy atom. The highest BCUT2D eigenvalue weighted by Gasteiger charge is 2.28. The molecule has 2 fully saturated rings. The van der Waals surface area contributed by atoms with Crippen LogP contribution in [0.3, 0.4) is 0 Å². The first-order valence-electron chi connectivity index (χ1n) is 10.2. The number of carbonyl (C=O) groups excluding carboxylic acids is 1. The Hall–Kier alpha value is -1.54. The van der Waals surface area contributed by atoms with Gasteiger partial charge in [-0.1, -0.05) is 6.07 Å². The van der Waals surface area contributed by atoms with Crippen LogP contribution in [0.15, 0.2) is 18.2 Å². The second-order valence-corrected chi connectivity index (χ2v) is 7.60. The van der Waals surface area contributed by atoms with E-state index < -0.39 is 0 Å². The number of nitrogens with one attached hydrogen (secondary N) is 2. The fraction of sp³-hybridized carbons (Fsp3) is 0.667. The summed E-state index contributed by atoms with van der Waals surface area (Å²) in [6.45, 7) is 6.74. The maximum atomic E-state index is 12.8. The van der Waals surface area contributed by atoms with Gasteiger partial charge >= 0.3 is 0 Å². The van der Waals surface area contributed by atoms with Crippen LogP contribution in [0.5, 0.6) is 11.5 Å². The maximum absolute atomic E-state index is 12.8. The SMILES string of the molecule is COc1ccc(C(CNC(=O)[C@H]2CCN[C@@H](C)C2)N2CCOCC2)cc1OC.Cl. The number of morpholine rings is 1. The number of ether oxygens (including phenoxy) is 3. The molecule has 3 rings (SSSR count). The summed E-state index contributed by atoms with van der Waals surface area (Å²) in [7, 11) is 3.28. The number of hydrogen-bond acceptors (Lipinski definition) is 6. The van der Waals surface area contributed by atoms with Crippen LogP contribution in [0.2, 0.25) is 0 Å². The standard InChI is InChI=1S/C21H33N3O4.ClH/c1-15-12-17(6-7-22-15)21(25)23-14-18(24-8-10-28-11-9-24)16-4-5-19(26-2)20(13-16)27-3;/h4-5,13,15,17-18,22H,6-12,14H2,1-3H3,(H,23,25);1H/t15-,17-,18?;/m0./s1. The fourth-order valence-electron chi connectivity index (χ4n) is 4.12. The molecule has 0 aromatic heterocycles. The summed E-state index contributed by atoms with van der Waals surface area (Å²) in [5.41, 5.74) is 1.11. The van der Waals surface area contributed by atoms with Gasteiger partial charge in [-0.15, -0.1) is 12.4 Å². The lowest BCUT2D eigenvalue weighted by atomic mass is 9.92. The van der Waals surface area contributed by atoms with Crippen molar-refractivity contribution in [1.29, 1.82) is 0 Å². The van der Waals surface area contributed by atoms with Gasteiger partial charge in [0.2, 0.25) is 5.91 Å². The van der Waals surface area contributed by atoms with Crippen molar-refractivity contribution < 1.29 is 19.0 Å². The number of halogens is 1. The van der Waals surface area contributed by atoms with Gasteiger partial charge in [0.05, 0.1) is 33.5 Å². The molecule has 1 aromatic rings. The summed E-state index contributed by atoms with van der Waals surface area (Å²) >= 11 is 0. The number of hydrogen-bond donors (Lipinski definition) is 2. The van der Waals surface area contributed by atoms with Gasteiger partial charge in [-0.3, -0.25) is 9.69 Å². The molecule has 0 aliphatic carbocycles. The Morgan fingerprint density at radius 2 is 2.00 bits per heavy atom. The molecule has 8 heteroatoms. The molecule has 3 atom stereocenters.